The molecule has 3 fully saturated rings. The van der Waals surface area contributed by atoms with Crippen LogP contribution in [0.5, 0.6) is 11.5 Å². The van der Waals surface area contributed by atoms with Crippen LogP contribution in [-0.2, 0) is 27.4 Å². The number of methoxy groups -OCH3 is 2. The fourth-order valence-electron chi connectivity index (χ4n) is 5.44. The molecule has 3 heterocycles. The molecule has 0 spiro atoms. The third-order valence-corrected chi connectivity index (χ3v) is 8.23. The zero-order valence-corrected chi connectivity index (χ0v) is 26.2. The summed E-state index contributed by atoms with van der Waals surface area (Å²) < 4.78 is 24.3. The number of hydrogen-bond acceptors (Lipinski definition) is 9. The fraction of sp³-hybridized carbons (Fsp3) is 0.382. The number of aromatic nitrogens is 2. The molecule has 0 unspecified atom stereocenters. The number of aldehydes is 1. The van der Waals surface area contributed by atoms with Crippen LogP contribution in [-0.4, -0.2) is 73.0 Å². The third kappa shape index (κ3) is 7.21. The van der Waals surface area contributed by atoms with E-state index in [1.807, 2.05) is 6.07 Å². The van der Waals surface area contributed by atoms with Gasteiger partial charge in [-0.3, -0.25) is 19.2 Å². The number of nitrogens with zero attached hydrogens (tertiary/aromatic N) is 2. The second-order valence-electron chi connectivity index (χ2n) is 11.6. The summed E-state index contributed by atoms with van der Waals surface area (Å²) in [7, 11) is 3.09. The van der Waals surface area contributed by atoms with Crippen LogP contribution in [0.4, 0.5) is 0 Å². The van der Waals surface area contributed by atoms with E-state index in [4.69, 9.17) is 18.9 Å². The second-order valence-corrected chi connectivity index (χ2v) is 11.6. The van der Waals surface area contributed by atoms with Gasteiger partial charge >= 0.3 is 0 Å². The molecule has 1 saturated heterocycles. The highest BCUT2D eigenvalue weighted by Gasteiger charge is 2.27. The van der Waals surface area contributed by atoms with E-state index in [1.54, 1.807) is 42.0 Å². The van der Waals surface area contributed by atoms with Crippen molar-refractivity contribution in [2.75, 3.05) is 27.4 Å². The Hall–Kier alpha value is -5.01. The van der Waals surface area contributed by atoms with Gasteiger partial charge in [0.1, 0.15) is 17.8 Å². The van der Waals surface area contributed by atoms with Gasteiger partial charge in [-0.2, -0.15) is 0 Å². The molecule has 0 atom stereocenters. The smallest absolute Gasteiger partial charge is 0.252 e. The van der Waals surface area contributed by atoms with Gasteiger partial charge in [0.05, 0.1) is 62.7 Å². The summed E-state index contributed by atoms with van der Waals surface area (Å²) in [5.74, 6) is 0.711. The van der Waals surface area contributed by atoms with Crippen molar-refractivity contribution < 1.29 is 33.3 Å². The maximum atomic E-state index is 12.7. The van der Waals surface area contributed by atoms with Gasteiger partial charge in [0.15, 0.2) is 6.29 Å². The fourth-order valence-corrected chi connectivity index (χ4v) is 5.44. The van der Waals surface area contributed by atoms with Crippen LogP contribution in [0.2, 0.25) is 0 Å². The van der Waals surface area contributed by atoms with Gasteiger partial charge in [-0.05, 0) is 49.9 Å². The number of nitrogens with one attached hydrogen (secondary N) is 2. The molecule has 0 radical (unpaired) electrons. The summed E-state index contributed by atoms with van der Waals surface area (Å²) in [6.45, 7) is 1.24. The van der Waals surface area contributed by atoms with Crippen LogP contribution in [0.1, 0.15) is 46.4 Å². The summed E-state index contributed by atoms with van der Waals surface area (Å²) in [6.07, 6.45) is 4.12. The third-order valence-electron chi connectivity index (χ3n) is 8.23. The summed E-state index contributed by atoms with van der Waals surface area (Å²) >= 11 is 0. The first-order valence-corrected chi connectivity index (χ1v) is 15.5. The summed E-state index contributed by atoms with van der Waals surface area (Å²) in [5, 5.41) is 7.16. The highest BCUT2D eigenvalue weighted by Crippen LogP contribution is 2.26. The van der Waals surface area contributed by atoms with Gasteiger partial charge in [0, 0.05) is 47.1 Å². The highest BCUT2D eigenvalue weighted by atomic mass is 16.7. The number of benzene rings is 2. The predicted molar refractivity (Wildman–Crippen MR) is 172 cm³/mol. The Morgan fingerprint density at radius 2 is 1.23 bits per heavy atom. The van der Waals surface area contributed by atoms with E-state index in [1.165, 1.54) is 23.8 Å². The average Bonchev–Trinajstić information content (AvgIpc) is 4.02. The van der Waals surface area contributed by atoms with Crippen molar-refractivity contribution in [1.29, 1.82) is 0 Å². The van der Waals surface area contributed by atoms with Gasteiger partial charge in [-0.15, -0.1) is 0 Å². The molecule has 13 nitrogen and oxygen atoms in total. The lowest BCUT2D eigenvalue weighted by Crippen LogP contribution is -2.31. The van der Waals surface area contributed by atoms with Gasteiger partial charge in [-0.1, -0.05) is 0 Å². The van der Waals surface area contributed by atoms with E-state index < -0.39 is 6.29 Å². The number of ether oxygens (including phenoxy) is 4. The molecule has 1 aliphatic heterocycles. The van der Waals surface area contributed by atoms with Crippen molar-refractivity contribution in [3.05, 3.63) is 80.4 Å². The minimum atomic E-state index is -0.460. The van der Waals surface area contributed by atoms with Gasteiger partial charge < -0.3 is 43.5 Å². The minimum absolute atomic E-state index is 0.0625. The molecule has 2 aromatic heterocycles. The lowest BCUT2D eigenvalue weighted by molar-refractivity contribution is -0.108. The molecule has 13 heteroatoms. The van der Waals surface area contributed by atoms with Crippen LogP contribution in [0.3, 0.4) is 0 Å². The quantitative estimate of drug-likeness (QED) is 0.248. The molecule has 2 amide bonds. The molecule has 47 heavy (non-hydrogen) atoms. The van der Waals surface area contributed by atoms with Crippen molar-refractivity contribution in [2.45, 2.75) is 57.1 Å². The number of fused-ring (bicyclic) bond motifs is 2. The summed E-state index contributed by atoms with van der Waals surface area (Å²) in [4.78, 5) is 60.6. The van der Waals surface area contributed by atoms with Crippen molar-refractivity contribution >= 4 is 39.9 Å². The van der Waals surface area contributed by atoms with Gasteiger partial charge in [-0.25, -0.2) is 0 Å². The maximum absolute atomic E-state index is 12.7. The first-order valence-electron chi connectivity index (χ1n) is 15.5. The Bertz CT molecular complexity index is 1950. The molecule has 2 aromatic carbocycles. The minimum Gasteiger partial charge on any atom is -0.497 e. The zero-order chi connectivity index (χ0) is 33.1. The van der Waals surface area contributed by atoms with Crippen molar-refractivity contribution in [3.8, 4) is 11.5 Å². The molecule has 7 rings (SSSR count). The number of carbonyl (C=O) groups is 3. The van der Waals surface area contributed by atoms with Crippen LogP contribution < -0.4 is 31.2 Å². The monoisotopic (exact) mass is 644 g/mol. The topological polar surface area (TPSA) is 156 Å². The first-order chi connectivity index (χ1) is 22.8. The largest absolute Gasteiger partial charge is 0.497 e. The zero-order valence-electron chi connectivity index (χ0n) is 26.2. The lowest BCUT2D eigenvalue weighted by atomic mass is 10.1. The van der Waals surface area contributed by atoms with E-state index in [-0.39, 0.29) is 48.1 Å². The molecular formula is C34H36N4O9. The van der Waals surface area contributed by atoms with E-state index in [0.717, 1.165) is 25.7 Å². The molecule has 0 bridgehead atoms. The Morgan fingerprint density at radius 1 is 0.766 bits per heavy atom. The Labute approximate surface area is 269 Å². The standard InChI is InChI=1S/C18H20N2O5.C16H16N2O4/c1-23-12-4-5-13-14(18(22)19-11-2-3-11)9-16(21)20(15(13)8-12)10-17-24-6-7-25-17;1-22-11-4-5-12-13(16(21)17-10-2-3-10)9-15(20)18(6-7-19)14(12)8-11/h4-5,8-9,11,17H,2-3,6-7,10H2,1H3,(H,19,22);4-5,7-10H,2-3,6H2,1H3,(H,17,21). The van der Waals surface area contributed by atoms with Crippen molar-refractivity contribution in [1.82, 2.24) is 19.8 Å². The summed E-state index contributed by atoms with van der Waals surface area (Å²) in [5.41, 5.74) is 1.22. The van der Waals surface area contributed by atoms with E-state index >= 15 is 0 Å². The number of carbonyl (C=O) groups excluding carboxylic acids is 3. The van der Waals surface area contributed by atoms with Crippen LogP contribution in [0.25, 0.3) is 21.8 Å². The highest BCUT2D eigenvalue weighted by molar-refractivity contribution is 6.07. The van der Waals surface area contributed by atoms with Gasteiger partial charge in [0.25, 0.3) is 22.9 Å². The molecule has 2 aliphatic carbocycles. The average molecular weight is 645 g/mol. The number of amides is 2. The Morgan fingerprint density at radius 3 is 1.68 bits per heavy atom. The molecule has 3 aliphatic rings. The number of pyridine rings is 2. The van der Waals surface area contributed by atoms with Crippen molar-refractivity contribution in [3.63, 3.8) is 0 Å². The molecular weight excluding hydrogens is 608 g/mol. The van der Waals surface area contributed by atoms with E-state index in [9.17, 15) is 24.0 Å². The molecule has 4 aromatic rings. The van der Waals surface area contributed by atoms with Crippen LogP contribution >= 0.6 is 0 Å². The van der Waals surface area contributed by atoms with Gasteiger partial charge in [0.2, 0.25) is 0 Å². The maximum Gasteiger partial charge on any atom is 0.252 e. The number of rotatable bonds is 10. The van der Waals surface area contributed by atoms with Crippen LogP contribution in [0, 0.1) is 0 Å². The van der Waals surface area contributed by atoms with Crippen LogP contribution in [0.15, 0.2) is 58.1 Å². The van der Waals surface area contributed by atoms with E-state index in [2.05, 4.69) is 10.6 Å². The lowest BCUT2D eigenvalue weighted by Gasteiger charge is -2.17. The molecule has 2 N–H and O–H groups in total. The first kappa shape index (κ1) is 32.0. The normalized spacial score (nSPS) is 16.0. The Balaban J connectivity index is 0.000000166. The predicted octanol–water partition coefficient (Wildman–Crippen LogP) is 2.38. The Kier molecular flexibility index (Phi) is 9.36. The molecule has 246 valence electrons. The second kappa shape index (κ2) is 13.8. The summed E-state index contributed by atoms with van der Waals surface area (Å²) in [6, 6.07) is 13.6. The SMILES string of the molecule is COc1ccc2c(C(=O)NC3CC3)cc(=O)n(CC3OCCO3)c2c1.COc1ccc2c(C(=O)NC3CC3)cc(=O)n(CC=O)c2c1. The number of hydrogen-bond donors (Lipinski definition) is 2. The molecule has 2 saturated carbocycles. The van der Waals surface area contributed by atoms with Crippen molar-refractivity contribution in [2.24, 2.45) is 0 Å². The van der Waals surface area contributed by atoms with E-state index in [0.29, 0.717) is 63.9 Å².